The molecule has 0 bridgehead atoms. The van der Waals surface area contributed by atoms with Gasteiger partial charge in [-0.05, 0) is 54.7 Å². The Bertz CT molecular complexity index is 1470. The van der Waals surface area contributed by atoms with Gasteiger partial charge < -0.3 is 14.7 Å². The zero-order valence-corrected chi connectivity index (χ0v) is 23.0. The molecule has 1 unspecified atom stereocenters. The summed E-state index contributed by atoms with van der Waals surface area (Å²) < 4.78 is 57.7. The molecule has 2 heterocycles. The Labute approximate surface area is 234 Å². The van der Waals surface area contributed by atoms with Crippen LogP contribution in [0.4, 0.5) is 14.5 Å². The van der Waals surface area contributed by atoms with Gasteiger partial charge in [0.15, 0.2) is 0 Å². The van der Waals surface area contributed by atoms with E-state index in [1.54, 1.807) is 6.07 Å². The van der Waals surface area contributed by atoms with E-state index in [-0.39, 0.29) is 33.7 Å². The van der Waals surface area contributed by atoms with Gasteiger partial charge in [-0.3, -0.25) is 4.79 Å². The van der Waals surface area contributed by atoms with Crippen LogP contribution in [0.5, 0.6) is 5.75 Å². The molecule has 1 saturated carbocycles. The first-order chi connectivity index (χ1) is 19.1. The van der Waals surface area contributed by atoms with Crippen LogP contribution in [0.1, 0.15) is 41.8 Å². The van der Waals surface area contributed by atoms with E-state index in [1.807, 2.05) is 30.3 Å². The highest BCUT2D eigenvalue weighted by molar-refractivity contribution is 7.89. The molecule has 212 valence electrons. The van der Waals surface area contributed by atoms with Crippen LogP contribution in [-0.4, -0.2) is 55.4 Å². The maximum absolute atomic E-state index is 13.8. The number of hydrogen-bond acceptors (Lipinski definition) is 6. The van der Waals surface area contributed by atoms with Gasteiger partial charge in [0.05, 0.1) is 23.2 Å². The third-order valence-corrected chi connectivity index (χ3v) is 10.4. The number of ether oxygens (including phenoxy) is 1. The number of piperazine rings is 1. The zero-order chi connectivity index (χ0) is 28.4. The van der Waals surface area contributed by atoms with Gasteiger partial charge in [-0.1, -0.05) is 49.6 Å². The second-order valence-electron chi connectivity index (χ2n) is 9.87. The van der Waals surface area contributed by atoms with E-state index in [2.05, 4.69) is 4.74 Å². The first-order valence-electron chi connectivity index (χ1n) is 12.9. The fourth-order valence-electron chi connectivity index (χ4n) is 5.54. The number of alkyl halides is 2. The first kappa shape index (κ1) is 28.2. The minimum absolute atomic E-state index is 0.0103. The Kier molecular flexibility index (Phi) is 8.20. The minimum atomic E-state index is -4.15. The molecule has 1 aliphatic carbocycles. The number of sulfonamides is 1. The number of nitrogens with zero attached hydrogens (tertiary/aromatic N) is 2. The third-order valence-electron chi connectivity index (χ3n) is 7.41. The predicted octanol–water partition coefficient (Wildman–Crippen LogP) is 5.70. The molecule has 8 nitrogen and oxygen atoms in total. The Balaban J connectivity index is 1.51. The fraction of sp³-hybridized carbons (Fsp3) is 0.357. The van der Waals surface area contributed by atoms with Gasteiger partial charge in [-0.2, -0.15) is 13.1 Å². The van der Waals surface area contributed by atoms with Crippen LogP contribution in [0.2, 0.25) is 0 Å². The average Bonchev–Trinajstić information content (AvgIpc) is 3.39. The lowest BCUT2D eigenvalue weighted by Crippen LogP contribution is -2.60. The van der Waals surface area contributed by atoms with Gasteiger partial charge in [0.25, 0.3) is 0 Å². The van der Waals surface area contributed by atoms with Crippen LogP contribution < -0.4 is 9.64 Å². The van der Waals surface area contributed by atoms with Crippen LogP contribution in [0.15, 0.2) is 65.6 Å². The lowest BCUT2D eigenvalue weighted by molar-refractivity contribution is -0.121. The molecule has 0 spiro atoms. The van der Waals surface area contributed by atoms with Crippen molar-refractivity contribution in [3.63, 3.8) is 0 Å². The van der Waals surface area contributed by atoms with Crippen molar-refractivity contribution in [2.75, 3.05) is 18.0 Å². The highest BCUT2D eigenvalue weighted by Gasteiger charge is 2.44. The van der Waals surface area contributed by atoms with Crippen molar-refractivity contribution in [1.29, 1.82) is 0 Å². The topological polar surface area (TPSA) is 104 Å². The van der Waals surface area contributed by atoms with E-state index in [4.69, 9.17) is 0 Å². The molecule has 3 aromatic rings. The summed E-state index contributed by atoms with van der Waals surface area (Å²) in [6.07, 6.45) is 4.50. The number of carboxylic acids is 1. The van der Waals surface area contributed by atoms with E-state index in [9.17, 15) is 31.9 Å². The van der Waals surface area contributed by atoms with Crippen LogP contribution in [0.25, 0.3) is 10.4 Å². The zero-order valence-electron chi connectivity index (χ0n) is 21.4. The van der Waals surface area contributed by atoms with Crippen LogP contribution in [0.3, 0.4) is 0 Å². The molecule has 12 heteroatoms. The van der Waals surface area contributed by atoms with Gasteiger partial charge in [0.1, 0.15) is 10.6 Å². The summed E-state index contributed by atoms with van der Waals surface area (Å²) in [5, 5.41) is 10.1. The number of benzene rings is 2. The number of halogens is 2. The van der Waals surface area contributed by atoms with Crippen molar-refractivity contribution in [1.82, 2.24) is 4.31 Å². The lowest BCUT2D eigenvalue weighted by atomic mass is 9.82. The van der Waals surface area contributed by atoms with Gasteiger partial charge in [-0.25, -0.2) is 13.2 Å². The van der Waals surface area contributed by atoms with E-state index in [0.717, 1.165) is 65.4 Å². The average molecular weight is 591 g/mol. The van der Waals surface area contributed by atoms with Crippen molar-refractivity contribution in [2.45, 2.75) is 49.7 Å². The molecule has 1 atom stereocenters. The van der Waals surface area contributed by atoms with Gasteiger partial charge in [-0.15, -0.1) is 11.3 Å². The van der Waals surface area contributed by atoms with Crippen LogP contribution in [0, 0.1) is 5.92 Å². The van der Waals surface area contributed by atoms with E-state index in [1.165, 1.54) is 17.0 Å². The molecule has 1 aliphatic heterocycles. The van der Waals surface area contributed by atoms with E-state index < -0.39 is 41.1 Å². The van der Waals surface area contributed by atoms with E-state index in [0.29, 0.717) is 4.88 Å². The number of anilines is 1. The molecule has 1 amide bonds. The Morgan fingerprint density at radius 3 is 2.33 bits per heavy atom. The molecular formula is C28H28F2N2O6S2. The number of hydrogen-bond donors (Lipinski definition) is 1. The Morgan fingerprint density at radius 1 is 1.02 bits per heavy atom. The summed E-state index contributed by atoms with van der Waals surface area (Å²) >= 11 is 1.08. The molecule has 0 radical (unpaired) electrons. The number of amides is 1. The number of rotatable bonds is 8. The van der Waals surface area contributed by atoms with Crippen LogP contribution >= 0.6 is 11.3 Å². The summed E-state index contributed by atoms with van der Waals surface area (Å²) in [7, 11) is -4.15. The predicted molar refractivity (Wildman–Crippen MR) is 146 cm³/mol. The van der Waals surface area contributed by atoms with E-state index >= 15 is 0 Å². The van der Waals surface area contributed by atoms with Crippen molar-refractivity contribution >= 4 is 38.9 Å². The maximum Gasteiger partial charge on any atom is 0.387 e. The summed E-state index contributed by atoms with van der Waals surface area (Å²) in [4.78, 5) is 28.2. The number of carbonyl (C=O) groups excluding carboxylic acids is 1. The van der Waals surface area contributed by atoms with Crippen LogP contribution in [-0.2, 0) is 14.8 Å². The van der Waals surface area contributed by atoms with Crippen molar-refractivity contribution < 1.29 is 36.6 Å². The maximum atomic E-state index is 13.8. The molecular weight excluding hydrogens is 562 g/mol. The van der Waals surface area contributed by atoms with Crippen molar-refractivity contribution in [3.05, 3.63) is 65.5 Å². The first-order valence-corrected chi connectivity index (χ1v) is 15.2. The standard InChI is InChI=1S/C28H28F2N2O6S2/c29-28(30)38-20-11-13-21(14-12-20)40(36,37)31-16-23(18-7-3-1-4-8-18)32(25(33)17-31)22-15-24(39-26(22)27(34)35)19-9-5-2-6-10-19/h2,5-6,9-15,18,23,28H,1,3-4,7-8,16-17H2,(H,34,35). The largest absolute Gasteiger partial charge is 0.477 e. The molecule has 2 aromatic carbocycles. The van der Waals surface area contributed by atoms with Crippen molar-refractivity contribution in [2.24, 2.45) is 5.92 Å². The number of aromatic carboxylic acids is 1. The quantitative estimate of drug-likeness (QED) is 0.361. The van der Waals surface area contributed by atoms with Gasteiger partial charge in [0.2, 0.25) is 15.9 Å². The van der Waals surface area contributed by atoms with Crippen molar-refractivity contribution in [3.8, 4) is 16.2 Å². The second kappa shape index (κ2) is 11.6. The summed E-state index contributed by atoms with van der Waals surface area (Å²) in [5.41, 5.74) is 1.10. The third kappa shape index (κ3) is 5.74. The molecule has 1 N–H and O–H groups in total. The fourth-order valence-corrected chi connectivity index (χ4v) is 7.94. The normalized spacial score (nSPS) is 19.2. The monoisotopic (exact) mass is 590 g/mol. The molecule has 40 heavy (non-hydrogen) atoms. The number of carboxylic acid groups (broad SMARTS) is 1. The number of thiophene rings is 1. The highest BCUT2D eigenvalue weighted by atomic mass is 32.2. The molecule has 2 fully saturated rings. The van der Waals surface area contributed by atoms with Gasteiger partial charge in [0, 0.05) is 11.4 Å². The second-order valence-corrected chi connectivity index (χ2v) is 12.9. The smallest absolute Gasteiger partial charge is 0.387 e. The molecule has 1 aromatic heterocycles. The number of carbonyl (C=O) groups is 2. The molecule has 1 saturated heterocycles. The van der Waals surface area contributed by atoms with Gasteiger partial charge >= 0.3 is 12.6 Å². The Hall–Kier alpha value is -3.35. The minimum Gasteiger partial charge on any atom is -0.477 e. The molecule has 2 aliphatic rings. The summed E-state index contributed by atoms with van der Waals surface area (Å²) in [6, 6.07) is 15.1. The SMILES string of the molecule is O=C(O)c1sc(-c2ccccc2)cc1N1C(=O)CN(S(=O)(=O)c2ccc(OC(F)F)cc2)CC1C1CCCCC1. The Morgan fingerprint density at radius 2 is 1.70 bits per heavy atom. The summed E-state index contributed by atoms with van der Waals surface area (Å²) in [6.45, 7) is -3.53. The molecule has 5 rings (SSSR count). The lowest BCUT2D eigenvalue weighted by Gasteiger charge is -2.44. The highest BCUT2D eigenvalue weighted by Crippen LogP contribution is 2.42. The summed E-state index contributed by atoms with van der Waals surface area (Å²) in [5.74, 6) is -1.86.